The second kappa shape index (κ2) is 7.45. The summed E-state index contributed by atoms with van der Waals surface area (Å²) >= 11 is 0. The van der Waals surface area contributed by atoms with E-state index in [1.807, 2.05) is 18.2 Å². The molecule has 0 saturated carbocycles. The van der Waals surface area contributed by atoms with Gasteiger partial charge in [-0.05, 0) is 45.2 Å². The summed E-state index contributed by atoms with van der Waals surface area (Å²) < 4.78 is 0. The molecule has 4 heteroatoms. The Morgan fingerprint density at radius 3 is 2.39 bits per heavy atom. The van der Waals surface area contributed by atoms with Crippen LogP contribution in [0.4, 0.5) is 0 Å². The molecule has 128 valence electrons. The van der Waals surface area contributed by atoms with Crippen molar-refractivity contribution in [2.24, 2.45) is 0 Å². The SMILES string of the molecule is CCN1CCC(Cc2ccccc2)(NC(=O)CC(C)(C)O)CC1. The molecule has 2 N–H and O–H groups in total. The average Bonchev–Trinajstić information content (AvgIpc) is 2.47. The summed E-state index contributed by atoms with van der Waals surface area (Å²) in [6.07, 6.45) is 2.89. The number of hydrogen-bond donors (Lipinski definition) is 2. The van der Waals surface area contributed by atoms with Crippen LogP contribution in [-0.4, -0.2) is 46.7 Å². The van der Waals surface area contributed by atoms with Gasteiger partial charge in [-0.3, -0.25) is 4.79 Å². The molecule has 0 unspecified atom stereocenters. The van der Waals surface area contributed by atoms with Crippen LogP contribution in [0.15, 0.2) is 30.3 Å². The van der Waals surface area contributed by atoms with Crippen LogP contribution in [0, 0.1) is 0 Å². The van der Waals surface area contributed by atoms with Gasteiger partial charge in [0.25, 0.3) is 0 Å². The van der Waals surface area contributed by atoms with Gasteiger partial charge < -0.3 is 15.3 Å². The number of benzene rings is 1. The minimum absolute atomic E-state index is 0.0571. The zero-order valence-corrected chi connectivity index (χ0v) is 14.6. The summed E-state index contributed by atoms with van der Waals surface area (Å²) in [6, 6.07) is 10.3. The maximum atomic E-state index is 12.4. The minimum Gasteiger partial charge on any atom is -0.390 e. The van der Waals surface area contributed by atoms with Crippen molar-refractivity contribution < 1.29 is 9.90 Å². The fourth-order valence-electron chi connectivity index (χ4n) is 3.36. The van der Waals surface area contributed by atoms with Crippen molar-refractivity contribution in [3.63, 3.8) is 0 Å². The van der Waals surface area contributed by atoms with Crippen molar-refractivity contribution in [2.45, 2.75) is 57.6 Å². The van der Waals surface area contributed by atoms with Crippen molar-refractivity contribution in [1.29, 1.82) is 0 Å². The van der Waals surface area contributed by atoms with Crippen LogP contribution in [0.1, 0.15) is 45.6 Å². The lowest BCUT2D eigenvalue weighted by molar-refractivity contribution is -0.127. The van der Waals surface area contributed by atoms with Crippen LogP contribution in [0.3, 0.4) is 0 Å². The lowest BCUT2D eigenvalue weighted by Crippen LogP contribution is -2.57. The Morgan fingerprint density at radius 2 is 1.87 bits per heavy atom. The predicted octanol–water partition coefficient (Wildman–Crippen LogP) is 2.36. The zero-order valence-electron chi connectivity index (χ0n) is 14.6. The third kappa shape index (κ3) is 5.63. The lowest BCUT2D eigenvalue weighted by atomic mass is 9.81. The monoisotopic (exact) mass is 318 g/mol. The summed E-state index contributed by atoms with van der Waals surface area (Å²) in [5.41, 5.74) is 0.0818. The molecule has 23 heavy (non-hydrogen) atoms. The van der Waals surface area contributed by atoms with Gasteiger partial charge in [0.2, 0.25) is 5.91 Å². The second-order valence-electron chi connectivity index (χ2n) is 7.41. The topological polar surface area (TPSA) is 52.6 Å². The van der Waals surface area contributed by atoms with Gasteiger partial charge >= 0.3 is 0 Å². The Hall–Kier alpha value is -1.39. The van der Waals surface area contributed by atoms with Crippen molar-refractivity contribution in [3.05, 3.63) is 35.9 Å². The molecule has 1 aromatic rings. The first kappa shape index (κ1) is 18.0. The maximum Gasteiger partial charge on any atom is 0.223 e. The molecule has 1 aliphatic rings. The van der Waals surface area contributed by atoms with E-state index in [1.165, 1.54) is 5.56 Å². The molecule has 0 spiro atoms. The molecule has 1 aliphatic heterocycles. The molecule has 2 rings (SSSR count). The van der Waals surface area contributed by atoms with E-state index in [0.717, 1.165) is 38.9 Å². The number of nitrogens with one attached hydrogen (secondary N) is 1. The van der Waals surface area contributed by atoms with Crippen molar-refractivity contribution >= 4 is 5.91 Å². The lowest BCUT2D eigenvalue weighted by Gasteiger charge is -2.42. The van der Waals surface area contributed by atoms with Crippen LogP contribution < -0.4 is 5.32 Å². The summed E-state index contributed by atoms with van der Waals surface area (Å²) in [6.45, 7) is 8.60. The molecule has 1 heterocycles. The molecule has 4 nitrogen and oxygen atoms in total. The minimum atomic E-state index is -0.970. The van der Waals surface area contributed by atoms with E-state index in [2.05, 4.69) is 29.3 Å². The first-order valence-corrected chi connectivity index (χ1v) is 8.62. The predicted molar refractivity (Wildman–Crippen MR) is 93.3 cm³/mol. The molecule has 0 aliphatic carbocycles. The average molecular weight is 318 g/mol. The molecule has 0 radical (unpaired) electrons. The maximum absolute atomic E-state index is 12.4. The van der Waals surface area contributed by atoms with Gasteiger partial charge in [0.15, 0.2) is 0 Å². The quantitative estimate of drug-likeness (QED) is 0.846. The van der Waals surface area contributed by atoms with Crippen LogP contribution in [0.5, 0.6) is 0 Å². The molecule has 0 aromatic heterocycles. The number of hydrogen-bond acceptors (Lipinski definition) is 3. The number of nitrogens with zero attached hydrogens (tertiary/aromatic N) is 1. The number of aliphatic hydroxyl groups is 1. The number of carbonyl (C=O) groups excluding carboxylic acids is 1. The first-order valence-electron chi connectivity index (χ1n) is 8.62. The summed E-state index contributed by atoms with van der Waals surface area (Å²) in [4.78, 5) is 14.8. The van der Waals surface area contributed by atoms with E-state index in [9.17, 15) is 9.90 Å². The standard InChI is InChI=1S/C19H30N2O2/c1-4-21-12-10-19(11-13-21,14-16-8-6-5-7-9-16)20-17(22)15-18(2,3)23/h5-9,23H,4,10-15H2,1-3H3,(H,20,22). The summed E-state index contributed by atoms with van der Waals surface area (Å²) in [5, 5.41) is 13.2. The Bertz CT molecular complexity index is 500. The molecular formula is C19H30N2O2. The largest absolute Gasteiger partial charge is 0.390 e. The van der Waals surface area contributed by atoms with Gasteiger partial charge in [0.05, 0.1) is 12.0 Å². The third-order valence-electron chi connectivity index (χ3n) is 4.64. The molecule has 1 saturated heterocycles. The highest BCUT2D eigenvalue weighted by Crippen LogP contribution is 2.27. The molecule has 0 atom stereocenters. The van der Waals surface area contributed by atoms with Crippen LogP contribution in [0.2, 0.25) is 0 Å². The molecular weight excluding hydrogens is 288 g/mol. The van der Waals surface area contributed by atoms with Crippen LogP contribution in [0.25, 0.3) is 0 Å². The van der Waals surface area contributed by atoms with Crippen molar-refractivity contribution in [2.75, 3.05) is 19.6 Å². The third-order valence-corrected chi connectivity index (χ3v) is 4.64. The van der Waals surface area contributed by atoms with Gasteiger partial charge in [0, 0.05) is 18.6 Å². The number of amides is 1. The molecule has 1 fully saturated rings. The highest BCUT2D eigenvalue weighted by Gasteiger charge is 2.36. The Balaban J connectivity index is 2.10. The van der Waals surface area contributed by atoms with E-state index >= 15 is 0 Å². The van der Waals surface area contributed by atoms with Gasteiger partial charge in [-0.2, -0.15) is 0 Å². The highest BCUT2D eigenvalue weighted by molar-refractivity contribution is 5.77. The van der Waals surface area contributed by atoms with Gasteiger partial charge in [-0.1, -0.05) is 37.3 Å². The number of piperidine rings is 1. The Morgan fingerprint density at radius 1 is 1.26 bits per heavy atom. The van der Waals surface area contributed by atoms with E-state index in [4.69, 9.17) is 0 Å². The van der Waals surface area contributed by atoms with Gasteiger partial charge in [-0.15, -0.1) is 0 Å². The Kier molecular flexibility index (Phi) is 5.82. The fourth-order valence-corrected chi connectivity index (χ4v) is 3.36. The molecule has 1 aromatic carbocycles. The van der Waals surface area contributed by atoms with Gasteiger partial charge in [0.1, 0.15) is 0 Å². The van der Waals surface area contributed by atoms with Crippen molar-refractivity contribution in [1.82, 2.24) is 10.2 Å². The number of rotatable bonds is 6. The molecule has 1 amide bonds. The molecule has 0 bridgehead atoms. The fraction of sp³-hybridized carbons (Fsp3) is 0.632. The van der Waals surface area contributed by atoms with E-state index in [-0.39, 0.29) is 17.9 Å². The number of likely N-dealkylation sites (tertiary alicyclic amines) is 1. The van der Waals surface area contributed by atoms with E-state index in [0.29, 0.717) is 0 Å². The zero-order chi connectivity index (χ0) is 16.9. The smallest absolute Gasteiger partial charge is 0.223 e. The number of carbonyl (C=O) groups is 1. The van der Waals surface area contributed by atoms with Crippen molar-refractivity contribution in [3.8, 4) is 0 Å². The second-order valence-corrected chi connectivity index (χ2v) is 7.41. The normalized spacial score (nSPS) is 18.6. The van der Waals surface area contributed by atoms with E-state index in [1.54, 1.807) is 13.8 Å². The van der Waals surface area contributed by atoms with Crippen LogP contribution in [-0.2, 0) is 11.2 Å². The van der Waals surface area contributed by atoms with Gasteiger partial charge in [-0.25, -0.2) is 0 Å². The first-order chi connectivity index (χ1) is 10.8. The van der Waals surface area contributed by atoms with Crippen LogP contribution >= 0.6 is 0 Å². The summed E-state index contributed by atoms with van der Waals surface area (Å²) in [5.74, 6) is -0.0571. The summed E-state index contributed by atoms with van der Waals surface area (Å²) in [7, 11) is 0. The Labute approximate surface area is 139 Å². The van der Waals surface area contributed by atoms with E-state index < -0.39 is 5.60 Å². The highest BCUT2D eigenvalue weighted by atomic mass is 16.3.